The van der Waals surface area contributed by atoms with E-state index < -0.39 is 12.1 Å². The van der Waals surface area contributed by atoms with Crippen LogP contribution in [0.2, 0.25) is 5.02 Å². The zero-order chi connectivity index (χ0) is 18.9. The van der Waals surface area contributed by atoms with Crippen molar-refractivity contribution in [2.24, 2.45) is 0 Å². The highest BCUT2D eigenvalue weighted by molar-refractivity contribution is 6.30. The van der Waals surface area contributed by atoms with Crippen molar-refractivity contribution in [1.29, 1.82) is 0 Å². The number of anilines is 2. The van der Waals surface area contributed by atoms with Crippen molar-refractivity contribution in [2.75, 3.05) is 16.8 Å². The Kier molecular flexibility index (Phi) is 4.78. The standard InChI is InChI=1S/C17H12ClF3N2O3/c18-11-3-1-2-10(6-11)8-23-13-7-12(22-16(25)17(19,20)21)4-5-14(13)26-9-15(23)24/h1-7H,8-9H2,(H,22,25). The molecule has 2 amide bonds. The maximum absolute atomic E-state index is 12.4. The lowest BCUT2D eigenvalue weighted by molar-refractivity contribution is -0.167. The minimum absolute atomic E-state index is 0.0968. The summed E-state index contributed by atoms with van der Waals surface area (Å²) >= 11 is 5.94. The maximum atomic E-state index is 12.4. The van der Waals surface area contributed by atoms with Crippen LogP contribution >= 0.6 is 11.6 Å². The number of hydrogen-bond acceptors (Lipinski definition) is 3. The Morgan fingerprint density at radius 2 is 2.00 bits per heavy atom. The number of benzene rings is 2. The number of amides is 2. The predicted molar refractivity (Wildman–Crippen MR) is 89.3 cm³/mol. The molecule has 0 aliphatic carbocycles. The van der Waals surface area contributed by atoms with Gasteiger partial charge in [0, 0.05) is 10.7 Å². The quantitative estimate of drug-likeness (QED) is 0.876. The van der Waals surface area contributed by atoms with E-state index in [1.165, 1.54) is 23.1 Å². The largest absolute Gasteiger partial charge is 0.482 e. The van der Waals surface area contributed by atoms with Crippen molar-refractivity contribution in [2.45, 2.75) is 12.7 Å². The molecule has 3 rings (SSSR count). The van der Waals surface area contributed by atoms with E-state index in [0.29, 0.717) is 10.8 Å². The molecule has 136 valence electrons. The van der Waals surface area contributed by atoms with Crippen molar-refractivity contribution < 1.29 is 27.5 Å². The van der Waals surface area contributed by atoms with E-state index in [0.717, 1.165) is 5.56 Å². The predicted octanol–water partition coefficient (Wildman–Crippen LogP) is 3.77. The van der Waals surface area contributed by atoms with Gasteiger partial charge in [-0.15, -0.1) is 0 Å². The molecule has 2 aromatic rings. The number of carbonyl (C=O) groups is 2. The molecule has 26 heavy (non-hydrogen) atoms. The van der Waals surface area contributed by atoms with Crippen LogP contribution in [0, 0.1) is 0 Å². The Morgan fingerprint density at radius 3 is 2.69 bits per heavy atom. The minimum Gasteiger partial charge on any atom is -0.482 e. The molecule has 1 aliphatic rings. The summed E-state index contributed by atoms with van der Waals surface area (Å²) in [5.74, 6) is -2.13. The molecule has 5 nitrogen and oxygen atoms in total. The molecular formula is C17H12ClF3N2O3. The second-order valence-electron chi connectivity index (χ2n) is 5.53. The van der Waals surface area contributed by atoms with E-state index in [-0.39, 0.29) is 30.4 Å². The topological polar surface area (TPSA) is 58.6 Å². The van der Waals surface area contributed by atoms with Crippen molar-refractivity contribution in [1.82, 2.24) is 0 Å². The fourth-order valence-corrected chi connectivity index (χ4v) is 2.69. The Bertz CT molecular complexity index is 871. The number of carbonyl (C=O) groups excluding carboxylic acids is 2. The van der Waals surface area contributed by atoms with Gasteiger partial charge in [0.15, 0.2) is 6.61 Å². The Hall–Kier alpha value is -2.74. The number of hydrogen-bond donors (Lipinski definition) is 1. The fourth-order valence-electron chi connectivity index (χ4n) is 2.47. The first-order chi connectivity index (χ1) is 12.2. The first-order valence-electron chi connectivity index (χ1n) is 7.44. The first kappa shape index (κ1) is 18.1. The summed E-state index contributed by atoms with van der Waals surface area (Å²) in [5.41, 5.74) is 0.907. The number of nitrogens with one attached hydrogen (secondary N) is 1. The molecule has 0 radical (unpaired) electrons. The normalized spacial score (nSPS) is 13.8. The average molecular weight is 385 g/mol. The van der Waals surface area contributed by atoms with E-state index in [1.54, 1.807) is 29.6 Å². The molecule has 0 atom stereocenters. The lowest BCUT2D eigenvalue weighted by Crippen LogP contribution is -2.38. The van der Waals surface area contributed by atoms with Gasteiger partial charge in [0.1, 0.15) is 5.75 Å². The SMILES string of the molecule is O=C1COc2ccc(NC(=O)C(F)(F)F)cc2N1Cc1cccc(Cl)c1. The molecule has 1 N–H and O–H groups in total. The molecule has 1 heterocycles. The molecule has 2 aromatic carbocycles. The average Bonchev–Trinajstić information content (AvgIpc) is 2.57. The van der Waals surface area contributed by atoms with Gasteiger partial charge in [-0.2, -0.15) is 13.2 Å². The lowest BCUT2D eigenvalue weighted by atomic mass is 10.1. The van der Waals surface area contributed by atoms with E-state index >= 15 is 0 Å². The summed E-state index contributed by atoms with van der Waals surface area (Å²) in [6.07, 6.45) is -5.01. The first-order valence-corrected chi connectivity index (χ1v) is 7.81. The second kappa shape index (κ2) is 6.87. The summed E-state index contributed by atoms with van der Waals surface area (Å²) in [6.45, 7) is -0.0335. The molecule has 0 aromatic heterocycles. The van der Waals surface area contributed by atoms with Gasteiger partial charge in [0.05, 0.1) is 12.2 Å². The van der Waals surface area contributed by atoms with Crippen LogP contribution in [0.25, 0.3) is 0 Å². The molecule has 0 saturated carbocycles. The number of rotatable bonds is 3. The van der Waals surface area contributed by atoms with Crippen molar-refractivity contribution >= 4 is 34.8 Å². The van der Waals surface area contributed by atoms with Crippen LogP contribution in [0.3, 0.4) is 0 Å². The van der Waals surface area contributed by atoms with E-state index in [2.05, 4.69) is 0 Å². The number of fused-ring (bicyclic) bond motifs is 1. The van der Waals surface area contributed by atoms with Crippen LogP contribution in [0.15, 0.2) is 42.5 Å². The van der Waals surface area contributed by atoms with Gasteiger partial charge < -0.3 is 15.0 Å². The zero-order valence-electron chi connectivity index (χ0n) is 13.1. The zero-order valence-corrected chi connectivity index (χ0v) is 13.9. The summed E-state index contributed by atoms with van der Waals surface area (Å²) in [6, 6.07) is 10.8. The lowest BCUT2D eigenvalue weighted by Gasteiger charge is -2.30. The third-order valence-corrected chi connectivity index (χ3v) is 3.88. The second-order valence-corrected chi connectivity index (χ2v) is 5.97. The van der Waals surface area contributed by atoms with Crippen LogP contribution in [-0.4, -0.2) is 24.6 Å². The third-order valence-electron chi connectivity index (χ3n) is 3.65. The van der Waals surface area contributed by atoms with Crippen molar-refractivity contribution in [3.8, 4) is 5.75 Å². The van der Waals surface area contributed by atoms with Gasteiger partial charge in [0.2, 0.25) is 0 Å². The van der Waals surface area contributed by atoms with Crippen molar-refractivity contribution in [3.63, 3.8) is 0 Å². The Morgan fingerprint density at radius 1 is 1.23 bits per heavy atom. The highest BCUT2D eigenvalue weighted by atomic mass is 35.5. The van der Waals surface area contributed by atoms with Crippen molar-refractivity contribution in [3.05, 3.63) is 53.1 Å². The molecule has 0 fully saturated rings. The fraction of sp³-hybridized carbons (Fsp3) is 0.176. The number of nitrogens with zero attached hydrogens (tertiary/aromatic N) is 1. The van der Waals surface area contributed by atoms with Gasteiger partial charge in [-0.25, -0.2) is 0 Å². The summed E-state index contributed by atoms with van der Waals surface area (Å²) < 4.78 is 42.6. The van der Waals surface area contributed by atoms with Crippen LogP contribution in [0.1, 0.15) is 5.56 Å². The number of ether oxygens (including phenoxy) is 1. The highest BCUT2D eigenvalue weighted by Gasteiger charge is 2.39. The van der Waals surface area contributed by atoms with Gasteiger partial charge in [-0.05, 0) is 35.9 Å². The molecule has 0 bridgehead atoms. The summed E-state index contributed by atoms with van der Waals surface area (Å²) in [4.78, 5) is 24.7. The molecule has 0 unspecified atom stereocenters. The molecule has 1 aliphatic heterocycles. The van der Waals surface area contributed by atoms with E-state index in [1.807, 2.05) is 0 Å². The molecule has 9 heteroatoms. The van der Waals surface area contributed by atoms with Gasteiger partial charge in [0.25, 0.3) is 5.91 Å². The molecule has 0 spiro atoms. The number of halogens is 4. The van der Waals surface area contributed by atoms with Gasteiger partial charge >= 0.3 is 12.1 Å². The Balaban J connectivity index is 1.90. The maximum Gasteiger partial charge on any atom is 0.471 e. The molecule has 0 saturated heterocycles. The Labute approximate surface area is 151 Å². The minimum atomic E-state index is -5.01. The van der Waals surface area contributed by atoms with Gasteiger partial charge in [-0.1, -0.05) is 23.7 Å². The monoisotopic (exact) mass is 384 g/mol. The summed E-state index contributed by atoms with van der Waals surface area (Å²) in [7, 11) is 0. The van der Waals surface area contributed by atoms with Crippen LogP contribution in [0.5, 0.6) is 5.75 Å². The molecular weight excluding hydrogens is 373 g/mol. The van der Waals surface area contributed by atoms with E-state index in [4.69, 9.17) is 16.3 Å². The smallest absolute Gasteiger partial charge is 0.471 e. The number of alkyl halides is 3. The van der Waals surface area contributed by atoms with E-state index in [9.17, 15) is 22.8 Å². The summed E-state index contributed by atoms with van der Waals surface area (Å²) in [5, 5.41) is 2.26. The van der Waals surface area contributed by atoms with Crippen LogP contribution in [-0.2, 0) is 16.1 Å². The van der Waals surface area contributed by atoms with Crippen LogP contribution in [0.4, 0.5) is 24.5 Å². The third kappa shape index (κ3) is 3.91. The highest BCUT2D eigenvalue weighted by Crippen LogP contribution is 2.36. The van der Waals surface area contributed by atoms with Gasteiger partial charge in [-0.3, -0.25) is 9.59 Å². The van der Waals surface area contributed by atoms with Crippen LogP contribution < -0.4 is 15.0 Å².